The summed E-state index contributed by atoms with van der Waals surface area (Å²) in [5, 5.41) is 7.67. The Balaban J connectivity index is 0.897. The summed E-state index contributed by atoms with van der Waals surface area (Å²) >= 11 is 0. The van der Waals surface area contributed by atoms with Crippen LogP contribution in [-0.2, 0) is 10.8 Å². The number of aromatic nitrogens is 4. The van der Waals surface area contributed by atoms with Crippen molar-refractivity contribution in [1.82, 2.24) is 19.5 Å². The first-order chi connectivity index (χ1) is 41.6. The van der Waals surface area contributed by atoms with Crippen LogP contribution in [0.2, 0.25) is 0 Å². The first-order valence-corrected chi connectivity index (χ1v) is 33.5. The van der Waals surface area contributed by atoms with Gasteiger partial charge in [-0.15, -0.1) is 0 Å². The monoisotopic (exact) mass is 1100 g/mol. The lowest BCUT2D eigenvalue weighted by Crippen LogP contribution is -2.74. The Kier molecular flexibility index (Phi) is 10.2. The summed E-state index contributed by atoms with van der Waals surface area (Å²) in [6.45, 7) is 0. The quantitative estimate of drug-likeness (QED) is 0.118. The molecule has 4 heterocycles. The van der Waals surface area contributed by atoms with E-state index in [9.17, 15) is 0 Å². The van der Waals surface area contributed by atoms with E-state index < -0.39 is 8.07 Å². The summed E-state index contributed by atoms with van der Waals surface area (Å²) in [5.41, 5.74) is 12.6. The normalized spacial score (nSPS) is 25.0. The molecular weight excluding hydrogens is 1040 g/mol. The Morgan fingerprint density at radius 1 is 0.298 bits per heavy atom. The van der Waals surface area contributed by atoms with Crippen LogP contribution in [0.5, 0.6) is 0 Å². The molecule has 8 bridgehead atoms. The van der Waals surface area contributed by atoms with Crippen LogP contribution in [0, 0.1) is 47.3 Å². The maximum absolute atomic E-state index is 6.00. The van der Waals surface area contributed by atoms with Gasteiger partial charge in [-0.05, 0) is 191 Å². The summed E-state index contributed by atoms with van der Waals surface area (Å²) in [4.78, 5) is 22.9. The SMILES string of the molecule is c1ccc([Si](c2ccccc2)(c2ccccc2)c2ccc3c4ccccc4n(-c4nc(N5c6ccccc6C6(c7ccccc75)C5CC7CC(C5)CC6C7)nc(N5c6ccccc6C6(c7ccccc75)C5CC7CC(C5)CC6C7)n4)c3c2)cc1. The minimum atomic E-state index is -2.97. The highest BCUT2D eigenvalue weighted by atomic mass is 28.3. The fourth-order valence-corrected chi connectivity index (χ4v) is 25.6. The summed E-state index contributed by atoms with van der Waals surface area (Å²) < 4.78 is 2.39. The fourth-order valence-electron chi connectivity index (χ4n) is 20.8. The van der Waals surface area contributed by atoms with Crippen LogP contribution in [0.4, 0.5) is 34.6 Å². The Morgan fingerprint density at radius 3 is 1.04 bits per heavy atom. The van der Waals surface area contributed by atoms with Crippen molar-refractivity contribution in [2.45, 2.75) is 75.0 Å². The number of rotatable bonds is 7. The number of para-hydroxylation sites is 5. The van der Waals surface area contributed by atoms with Crippen LogP contribution in [0.15, 0.2) is 231 Å². The van der Waals surface area contributed by atoms with E-state index in [1.807, 2.05) is 0 Å². The minimum Gasteiger partial charge on any atom is -0.278 e. The van der Waals surface area contributed by atoms with Crippen molar-refractivity contribution in [3.8, 4) is 5.95 Å². The Bertz CT molecular complexity index is 4040. The van der Waals surface area contributed by atoms with Gasteiger partial charge in [0, 0.05) is 21.6 Å². The fraction of sp³-hybridized carbons (Fsp3) is 0.260. The predicted molar refractivity (Wildman–Crippen MR) is 343 cm³/mol. The number of hydrogen-bond donors (Lipinski definition) is 0. The molecule has 8 fully saturated rings. The van der Waals surface area contributed by atoms with Gasteiger partial charge in [0.1, 0.15) is 0 Å². The van der Waals surface area contributed by atoms with Gasteiger partial charge in [0.15, 0.2) is 8.07 Å². The van der Waals surface area contributed by atoms with Crippen molar-refractivity contribution in [3.63, 3.8) is 0 Å². The van der Waals surface area contributed by atoms with E-state index in [2.05, 4.69) is 245 Å². The lowest BCUT2D eigenvalue weighted by Gasteiger charge is -2.64. The van der Waals surface area contributed by atoms with Crippen molar-refractivity contribution >= 4 is 85.3 Å². The van der Waals surface area contributed by atoms with Gasteiger partial charge < -0.3 is 0 Å². The summed E-state index contributed by atoms with van der Waals surface area (Å²) in [5.74, 6) is 7.66. The standard InChI is InChI=1S/C77H66N6Si/c1-4-20-57(21-5-1)84(58-22-6-2-7-23-58,59-24-8-3-9-25-59)60-36-37-62-61-26-10-15-31-67(61)81(72(62)48-60)73-78-74(82-68-32-16-11-27-63(68)76(64-28-12-17-33-69(64)82)53-40-49-38-50(42-53)43-54(76)41-49)80-75(79-73)83-70-34-18-13-29-65(70)77(66-30-14-19-35-71(66)83)55-44-51-39-52(46-55)47-56(77)45-51/h1-37,48-56H,38-47H2. The molecule has 0 saturated heterocycles. The molecule has 0 atom stereocenters. The van der Waals surface area contributed by atoms with Crippen LogP contribution < -0.4 is 30.5 Å². The van der Waals surface area contributed by atoms with Gasteiger partial charge >= 0.3 is 0 Å². The van der Waals surface area contributed by atoms with Crippen molar-refractivity contribution in [2.24, 2.45) is 47.3 Å². The van der Waals surface area contributed by atoms with E-state index in [-0.39, 0.29) is 10.8 Å². The average molecular weight is 1100 g/mol. The van der Waals surface area contributed by atoms with Gasteiger partial charge in [0.2, 0.25) is 17.8 Å². The highest BCUT2D eigenvalue weighted by molar-refractivity contribution is 7.20. The molecule has 84 heavy (non-hydrogen) atoms. The van der Waals surface area contributed by atoms with Crippen molar-refractivity contribution in [2.75, 3.05) is 9.80 Å². The molecule has 408 valence electrons. The molecule has 7 heteroatoms. The molecule has 2 aliphatic heterocycles. The van der Waals surface area contributed by atoms with E-state index in [1.54, 1.807) is 0 Å². The minimum absolute atomic E-state index is 0.0661. The predicted octanol–water partition coefficient (Wildman–Crippen LogP) is 15.4. The van der Waals surface area contributed by atoms with Gasteiger partial charge in [0.25, 0.3) is 0 Å². The van der Waals surface area contributed by atoms with Crippen LogP contribution in [-0.4, -0.2) is 27.6 Å². The molecule has 2 aromatic heterocycles. The van der Waals surface area contributed by atoms with Crippen molar-refractivity contribution < 1.29 is 0 Å². The van der Waals surface area contributed by atoms with E-state index >= 15 is 0 Å². The molecule has 2 spiro atoms. The smallest absolute Gasteiger partial charge is 0.241 e. The topological polar surface area (TPSA) is 50.1 Å². The van der Waals surface area contributed by atoms with Crippen molar-refractivity contribution in [1.29, 1.82) is 0 Å². The van der Waals surface area contributed by atoms with E-state index in [1.165, 1.54) is 141 Å². The Labute approximate surface area is 492 Å². The highest BCUT2D eigenvalue weighted by Gasteiger charge is 2.63. The number of anilines is 6. The molecule has 8 saturated carbocycles. The second-order valence-electron chi connectivity index (χ2n) is 26.8. The van der Waals surface area contributed by atoms with Crippen LogP contribution >= 0.6 is 0 Å². The summed E-state index contributed by atoms with van der Waals surface area (Å²) in [6.07, 6.45) is 13.3. The summed E-state index contributed by atoms with van der Waals surface area (Å²) in [7, 11) is -2.97. The van der Waals surface area contributed by atoms with Gasteiger partial charge in [0.05, 0.1) is 33.8 Å². The maximum atomic E-state index is 6.00. The molecule has 11 aromatic rings. The zero-order chi connectivity index (χ0) is 54.9. The lowest BCUT2D eigenvalue weighted by atomic mass is 9.41. The molecule has 0 N–H and O–H groups in total. The van der Waals surface area contributed by atoms with Gasteiger partial charge in [-0.1, -0.05) is 194 Å². The average Bonchev–Trinajstić information content (AvgIpc) is 2.17. The number of nitrogens with zero attached hydrogens (tertiary/aromatic N) is 6. The maximum Gasteiger partial charge on any atom is 0.241 e. The van der Waals surface area contributed by atoms with Crippen LogP contribution in [0.25, 0.3) is 27.8 Å². The van der Waals surface area contributed by atoms with Gasteiger partial charge in [-0.25, -0.2) is 0 Å². The second-order valence-corrected chi connectivity index (χ2v) is 30.6. The van der Waals surface area contributed by atoms with Crippen LogP contribution in [0.3, 0.4) is 0 Å². The third-order valence-electron chi connectivity index (χ3n) is 23.1. The summed E-state index contributed by atoms with van der Waals surface area (Å²) in [6, 6.07) is 88.0. The second kappa shape index (κ2) is 17.8. The molecule has 6 nitrogen and oxygen atoms in total. The molecule has 0 radical (unpaired) electrons. The van der Waals surface area contributed by atoms with Crippen molar-refractivity contribution in [3.05, 3.63) is 253 Å². The molecule has 9 aromatic carbocycles. The third kappa shape index (κ3) is 6.33. The zero-order valence-corrected chi connectivity index (χ0v) is 48.3. The molecule has 10 aliphatic rings. The largest absolute Gasteiger partial charge is 0.278 e. The first kappa shape index (κ1) is 48.0. The molecule has 0 unspecified atom stereocenters. The Hall–Kier alpha value is -8.39. The van der Waals surface area contributed by atoms with E-state index in [0.717, 1.165) is 34.7 Å². The Morgan fingerprint density at radius 2 is 0.631 bits per heavy atom. The number of hydrogen-bond acceptors (Lipinski definition) is 5. The molecule has 0 amide bonds. The number of fused-ring (bicyclic) bond motifs is 7. The van der Waals surface area contributed by atoms with Gasteiger partial charge in [-0.3, -0.25) is 14.4 Å². The number of benzene rings is 9. The molecular formula is C77H66N6Si. The van der Waals surface area contributed by atoms with E-state index in [4.69, 9.17) is 15.0 Å². The van der Waals surface area contributed by atoms with Gasteiger partial charge in [-0.2, -0.15) is 15.0 Å². The first-order valence-electron chi connectivity index (χ1n) is 31.5. The zero-order valence-electron chi connectivity index (χ0n) is 47.3. The van der Waals surface area contributed by atoms with Crippen LogP contribution in [0.1, 0.15) is 86.5 Å². The third-order valence-corrected chi connectivity index (χ3v) is 27.9. The van der Waals surface area contributed by atoms with E-state index in [0.29, 0.717) is 41.5 Å². The molecule has 8 aliphatic carbocycles. The lowest BCUT2D eigenvalue weighted by molar-refractivity contribution is -0.0419. The molecule has 21 rings (SSSR count). The highest BCUT2D eigenvalue weighted by Crippen LogP contribution is 2.71.